The zero-order valence-electron chi connectivity index (χ0n) is 20.2. The van der Waals surface area contributed by atoms with Crippen molar-refractivity contribution < 1.29 is 23.8 Å². The van der Waals surface area contributed by atoms with E-state index in [1.807, 2.05) is 4.57 Å². The number of ether oxygens (including phenoxy) is 3. The summed E-state index contributed by atoms with van der Waals surface area (Å²) in [6, 6.07) is 11.8. The molecule has 3 rings (SSSR count). The highest BCUT2D eigenvalue weighted by Gasteiger charge is 2.16. The topological polar surface area (TPSA) is 105 Å². The molecule has 1 N–H and O–H groups in total. The Hall–Kier alpha value is -3.50. The number of rotatable bonds is 12. The van der Waals surface area contributed by atoms with Crippen LogP contribution in [0.15, 0.2) is 60.3 Å². The van der Waals surface area contributed by atoms with Gasteiger partial charge >= 0.3 is 5.97 Å². The van der Waals surface area contributed by atoms with Crippen LogP contribution >= 0.6 is 23.4 Å². The van der Waals surface area contributed by atoms with Crippen LogP contribution in [-0.4, -0.2) is 45.6 Å². The molecule has 0 aliphatic heterocycles. The van der Waals surface area contributed by atoms with Crippen molar-refractivity contribution in [2.75, 3.05) is 18.2 Å². The Bertz CT molecular complexity index is 1210. The van der Waals surface area contributed by atoms with Crippen LogP contribution < -0.4 is 14.8 Å². The van der Waals surface area contributed by atoms with Gasteiger partial charge in [0.25, 0.3) is 0 Å². The van der Waals surface area contributed by atoms with Crippen molar-refractivity contribution in [1.82, 2.24) is 14.8 Å². The minimum atomic E-state index is -0.492. The highest BCUT2D eigenvalue weighted by molar-refractivity contribution is 7.99. The van der Waals surface area contributed by atoms with E-state index in [9.17, 15) is 9.59 Å². The summed E-state index contributed by atoms with van der Waals surface area (Å²) in [4.78, 5) is 24.8. The van der Waals surface area contributed by atoms with Gasteiger partial charge in [0.15, 0.2) is 11.0 Å². The maximum absolute atomic E-state index is 12.6. The summed E-state index contributed by atoms with van der Waals surface area (Å²) >= 11 is 7.42. The Kier molecular flexibility index (Phi) is 9.77. The molecule has 11 heteroatoms. The van der Waals surface area contributed by atoms with Gasteiger partial charge in [0.2, 0.25) is 5.91 Å². The molecule has 3 aromatic rings. The number of nitrogens with zero attached hydrogens (tertiary/aromatic N) is 3. The van der Waals surface area contributed by atoms with E-state index in [4.69, 9.17) is 25.8 Å². The summed E-state index contributed by atoms with van der Waals surface area (Å²) < 4.78 is 18.0. The number of aromatic nitrogens is 3. The lowest BCUT2D eigenvalue weighted by Gasteiger charge is -2.11. The highest BCUT2D eigenvalue weighted by atomic mass is 35.5. The summed E-state index contributed by atoms with van der Waals surface area (Å²) in [6.07, 6.45) is 1.45. The van der Waals surface area contributed by atoms with Crippen LogP contribution in [0.25, 0.3) is 0 Å². The van der Waals surface area contributed by atoms with Gasteiger partial charge in [-0.3, -0.25) is 9.36 Å². The first-order chi connectivity index (χ1) is 17.3. The number of esters is 1. The summed E-state index contributed by atoms with van der Waals surface area (Å²) in [5.41, 5.74) is 0.616. The number of hydrogen-bond acceptors (Lipinski definition) is 8. The number of anilines is 1. The second kappa shape index (κ2) is 13.0. The fourth-order valence-corrected chi connectivity index (χ4v) is 3.94. The van der Waals surface area contributed by atoms with E-state index < -0.39 is 5.97 Å². The quantitative estimate of drug-likeness (QED) is 0.198. The van der Waals surface area contributed by atoms with E-state index in [-0.39, 0.29) is 24.4 Å². The standard InChI is InChI=1S/C25H27ClN4O5S/c1-5-12-30-22(14-34-19-9-7-18(33-4)8-10-19)28-29-25(30)36-15-23(31)27-21-13-17(6-11-20(21)26)24(32)35-16(2)3/h5-11,13,16H,1,12,14-15H2,2-4H3,(H,27,31). The second-order valence-corrected chi connectivity index (χ2v) is 9.10. The summed E-state index contributed by atoms with van der Waals surface area (Å²) in [6.45, 7) is 7.94. The molecule has 2 aromatic carbocycles. The predicted octanol–water partition coefficient (Wildman–Crippen LogP) is 5.00. The molecule has 0 saturated carbocycles. The average molecular weight is 531 g/mol. The summed E-state index contributed by atoms with van der Waals surface area (Å²) in [5.74, 6) is 1.22. The lowest BCUT2D eigenvalue weighted by Crippen LogP contribution is -2.16. The normalized spacial score (nSPS) is 10.7. The molecular formula is C25H27ClN4O5S. The smallest absolute Gasteiger partial charge is 0.338 e. The van der Waals surface area contributed by atoms with Crippen LogP contribution in [-0.2, 0) is 22.7 Å². The number of methoxy groups -OCH3 is 1. The molecule has 0 aliphatic carbocycles. The first kappa shape index (κ1) is 27.1. The van der Waals surface area contributed by atoms with Crippen molar-refractivity contribution in [1.29, 1.82) is 0 Å². The largest absolute Gasteiger partial charge is 0.497 e. The van der Waals surface area contributed by atoms with E-state index >= 15 is 0 Å². The zero-order chi connectivity index (χ0) is 26.1. The van der Waals surface area contributed by atoms with Crippen LogP contribution in [0, 0.1) is 0 Å². The van der Waals surface area contributed by atoms with Gasteiger partial charge in [-0.05, 0) is 56.3 Å². The van der Waals surface area contributed by atoms with Crippen LogP contribution in [0.2, 0.25) is 5.02 Å². The molecule has 0 unspecified atom stereocenters. The van der Waals surface area contributed by atoms with Gasteiger partial charge < -0.3 is 19.5 Å². The lowest BCUT2D eigenvalue weighted by atomic mass is 10.2. The molecule has 9 nitrogen and oxygen atoms in total. The Morgan fingerprint density at radius 3 is 2.56 bits per heavy atom. The van der Waals surface area contributed by atoms with Gasteiger partial charge in [0, 0.05) is 6.54 Å². The van der Waals surface area contributed by atoms with Gasteiger partial charge in [0.05, 0.1) is 35.2 Å². The number of hydrogen-bond donors (Lipinski definition) is 1. The Morgan fingerprint density at radius 1 is 1.17 bits per heavy atom. The Morgan fingerprint density at radius 2 is 1.89 bits per heavy atom. The molecule has 0 atom stereocenters. The van der Waals surface area contributed by atoms with Crippen molar-refractivity contribution in [3.8, 4) is 11.5 Å². The third kappa shape index (κ3) is 7.50. The van der Waals surface area contributed by atoms with E-state index in [0.29, 0.717) is 39.5 Å². The van der Waals surface area contributed by atoms with Crippen LogP contribution in [0.3, 0.4) is 0 Å². The number of halogens is 1. The molecule has 190 valence electrons. The molecule has 1 amide bonds. The second-order valence-electron chi connectivity index (χ2n) is 7.75. The molecule has 0 radical (unpaired) electrons. The maximum atomic E-state index is 12.6. The molecule has 0 bridgehead atoms. The number of thioether (sulfide) groups is 1. The van der Waals surface area contributed by atoms with E-state index in [0.717, 1.165) is 5.75 Å². The molecule has 0 saturated heterocycles. The van der Waals surface area contributed by atoms with Gasteiger partial charge in [-0.2, -0.15) is 0 Å². The zero-order valence-corrected chi connectivity index (χ0v) is 21.8. The minimum Gasteiger partial charge on any atom is -0.497 e. The third-order valence-electron chi connectivity index (χ3n) is 4.68. The molecule has 0 spiro atoms. The summed E-state index contributed by atoms with van der Waals surface area (Å²) in [5, 5.41) is 12.0. The van der Waals surface area contributed by atoms with E-state index in [1.54, 1.807) is 57.4 Å². The number of amides is 1. The molecule has 1 heterocycles. The van der Waals surface area contributed by atoms with Gasteiger partial charge in [-0.1, -0.05) is 29.4 Å². The third-order valence-corrected chi connectivity index (χ3v) is 5.98. The number of carbonyl (C=O) groups excluding carboxylic acids is 2. The Balaban J connectivity index is 1.62. The van der Waals surface area contributed by atoms with Crippen LogP contribution in [0.4, 0.5) is 5.69 Å². The van der Waals surface area contributed by atoms with Gasteiger partial charge in [-0.25, -0.2) is 4.79 Å². The number of allylic oxidation sites excluding steroid dienone is 1. The monoisotopic (exact) mass is 530 g/mol. The van der Waals surface area contributed by atoms with Crippen molar-refractivity contribution in [3.63, 3.8) is 0 Å². The van der Waals surface area contributed by atoms with Gasteiger partial charge in [0.1, 0.15) is 18.1 Å². The van der Waals surface area contributed by atoms with Crippen molar-refractivity contribution in [2.45, 2.75) is 38.3 Å². The number of nitrogens with one attached hydrogen (secondary N) is 1. The summed E-state index contributed by atoms with van der Waals surface area (Å²) in [7, 11) is 1.60. The predicted molar refractivity (Wildman–Crippen MR) is 139 cm³/mol. The average Bonchev–Trinajstić information content (AvgIpc) is 3.24. The highest BCUT2D eigenvalue weighted by Crippen LogP contribution is 2.25. The van der Waals surface area contributed by atoms with Crippen LogP contribution in [0.1, 0.15) is 30.0 Å². The molecule has 0 aliphatic rings. The maximum Gasteiger partial charge on any atom is 0.338 e. The SMILES string of the molecule is C=CCn1c(COc2ccc(OC)cc2)nnc1SCC(=O)Nc1cc(C(=O)OC(C)C)ccc1Cl. The first-order valence-electron chi connectivity index (χ1n) is 11.0. The molecule has 1 aromatic heterocycles. The van der Waals surface area contributed by atoms with E-state index in [2.05, 4.69) is 22.1 Å². The van der Waals surface area contributed by atoms with Crippen molar-refractivity contribution >= 4 is 40.9 Å². The fraction of sp³-hybridized carbons (Fsp3) is 0.280. The molecule has 36 heavy (non-hydrogen) atoms. The van der Waals surface area contributed by atoms with Crippen molar-refractivity contribution in [2.24, 2.45) is 0 Å². The first-order valence-corrected chi connectivity index (χ1v) is 12.4. The van der Waals surface area contributed by atoms with Crippen LogP contribution in [0.5, 0.6) is 11.5 Å². The number of benzene rings is 2. The Labute approximate surface area is 218 Å². The van der Waals surface area contributed by atoms with Crippen molar-refractivity contribution in [3.05, 3.63) is 71.5 Å². The fourth-order valence-electron chi connectivity index (χ4n) is 3.01. The lowest BCUT2D eigenvalue weighted by molar-refractivity contribution is -0.113. The molecule has 0 fully saturated rings. The molecular weight excluding hydrogens is 504 g/mol. The minimum absolute atomic E-state index is 0.0472. The van der Waals surface area contributed by atoms with Gasteiger partial charge in [-0.15, -0.1) is 16.8 Å². The number of carbonyl (C=O) groups is 2. The van der Waals surface area contributed by atoms with E-state index in [1.165, 1.54) is 23.9 Å².